The van der Waals surface area contributed by atoms with Gasteiger partial charge in [-0.15, -0.1) is 0 Å². The standard InChI is InChI=1S/C12H22N2O2/c1-12(2,3)16-11(15)14-7-5-10(6-8-14)9-13-4/h9-10H,5-8H2,1-4H3/b13-9+. The molecule has 1 rings (SSSR count). The quantitative estimate of drug-likeness (QED) is 0.644. The van der Waals surface area contributed by atoms with E-state index in [1.54, 1.807) is 11.9 Å². The summed E-state index contributed by atoms with van der Waals surface area (Å²) < 4.78 is 5.33. The maximum atomic E-state index is 11.7. The third kappa shape index (κ3) is 4.21. The van der Waals surface area contributed by atoms with Crippen molar-refractivity contribution in [2.24, 2.45) is 10.9 Å². The Morgan fingerprint density at radius 2 is 1.94 bits per heavy atom. The first-order valence-corrected chi connectivity index (χ1v) is 5.82. The summed E-state index contributed by atoms with van der Waals surface area (Å²) in [6, 6.07) is 0. The molecule has 0 aromatic carbocycles. The topological polar surface area (TPSA) is 41.9 Å². The molecule has 0 bridgehead atoms. The van der Waals surface area contributed by atoms with Gasteiger partial charge in [0.1, 0.15) is 5.60 Å². The van der Waals surface area contributed by atoms with E-state index in [4.69, 9.17) is 4.74 Å². The van der Waals surface area contributed by atoms with Crippen molar-refractivity contribution in [1.82, 2.24) is 4.90 Å². The lowest BCUT2D eigenvalue weighted by Gasteiger charge is -2.32. The summed E-state index contributed by atoms with van der Waals surface area (Å²) in [4.78, 5) is 17.6. The highest BCUT2D eigenvalue weighted by Gasteiger charge is 2.25. The molecule has 0 atom stereocenters. The maximum absolute atomic E-state index is 11.7. The van der Waals surface area contributed by atoms with Gasteiger partial charge in [-0.2, -0.15) is 0 Å². The van der Waals surface area contributed by atoms with Crippen LogP contribution in [-0.2, 0) is 4.74 Å². The summed E-state index contributed by atoms with van der Waals surface area (Å²) in [5, 5.41) is 0. The van der Waals surface area contributed by atoms with E-state index >= 15 is 0 Å². The third-order valence-corrected chi connectivity index (χ3v) is 2.55. The second-order valence-electron chi connectivity index (χ2n) is 5.21. The molecule has 0 aromatic rings. The van der Waals surface area contributed by atoms with E-state index in [0.717, 1.165) is 25.9 Å². The number of rotatable bonds is 1. The molecule has 0 aliphatic carbocycles. The van der Waals surface area contributed by atoms with Crippen LogP contribution in [0.25, 0.3) is 0 Å². The second kappa shape index (κ2) is 5.32. The van der Waals surface area contributed by atoms with Crippen molar-refractivity contribution in [2.45, 2.75) is 39.2 Å². The summed E-state index contributed by atoms with van der Waals surface area (Å²) in [6.45, 7) is 7.21. The average molecular weight is 226 g/mol. The third-order valence-electron chi connectivity index (χ3n) is 2.55. The first-order valence-electron chi connectivity index (χ1n) is 5.82. The van der Waals surface area contributed by atoms with E-state index in [1.807, 2.05) is 27.0 Å². The van der Waals surface area contributed by atoms with Crippen LogP contribution in [-0.4, -0.2) is 42.9 Å². The Hall–Kier alpha value is -1.06. The molecule has 1 saturated heterocycles. The van der Waals surface area contributed by atoms with Crippen molar-refractivity contribution >= 4 is 12.3 Å². The summed E-state index contributed by atoms with van der Waals surface area (Å²) >= 11 is 0. The smallest absolute Gasteiger partial charge is 0.410 e. The molecule has 1 heterocycles. The van der Waals surface area contributed by atoms with Crippen LogP contribution in [0.5, 0.6) is 0 Å². The van der Waals surface area contributed by atoms with Crippen LogP contribution in [0.15, 0.2) is 4.99 Å². The van der Waals surface area contributed by atoms with Crippen LogP contribution < -0.4 is 0 Å². The molecule has 1 fully saturated rings. The lowest BCUT2D eigenvalue weighted by Crippen LogP contribution is -2.41. The first-order chi connectivity index (χ1) is 7.42. The molecule has 1 aliphatic rings. The molecule has 0 saturated carbocycles. The molecule has 4 heteroatoms. The molecule has 1 aliphatic heterocycles. The summed E-state index contributed by atoms with van der Waals surface area (Å²) in [5.74, 6) is 0.517. The van der Waals surface area contributed by atoms with E-state index in [2.05, 4.69) is 4.99 Å². The lowest BCUT2D eigenvalue weighted by atomic mass is 9.98. The number of piperidine rings is 1. The Morgan fingerprint density at radius 1 is 1.38 bits per heavy atom. The van der Waals surface area contributed by atoms with Gasteiger partial charge in [-0.05, 0) is 39.5 Å². The fourth-order valence-corrected chi connectivity index (χ4v) is 1.77. The molecule has 0 aromatic heterocycles. The monoisotopic (exact) mass is 226 g/mol. The molecule has 92 valence electrons. The van der Waals surface area contributed by atoms with Gasteiger partial charge in [-0.25, -0.2) is 4.79 Å². The summed E-state index contributed by atoms with van der Waals surface area (Å²) in [5.41, 5.74) is -0.404. The molecule has 16 heavy (non-hydrogen) atoms. The van der Waals surface area contributed by atoms with Crippen LogP contribution in [0.3, 0.4) is 0 Å². The number of nitrogens with zero attached hydrogens (tertiary/aromatic N) is 2. The van der Waals surface area contributed by atoms with Gasteiger partial charge in [0.05, 0.1) is 0 Å². The van der Waals surface area contributed by atoms with E-state index in [-0.39, 0.29) is 6.09 Å². The summed E-state index contributed by atoms with van der Waals surface area (Å²) in [6.07, 6.45) is 3.75. The maximum Gasteiger partial charge on any atom is 0.410 e. The second-order valence-corrected chi connectivity index (χ2v) is 5.21. The van der Waals surface area contributed by atoms with Crippen molar-refractivity contribution < 1.29 is 9.53 Å². The zero-order chi connectivity index (χ0) is 12.2. The number of hydrogen-bond acceptors (Lipinski definition) is 3. The fourth-order valence-electron chi connectivity index (χ4n) is 1.77. The highest BCUT2D eigenvalue weighted by Crippen LogP contribution is 2.18. The van der Waals surface area contributed by atoms with Gasteiger partial charge >= 0.3 is 6.09 Å². The highest BCUT2D eigenvalue weighted by atomic mass is 16.6. The van der Waals surface area contributed by atoms with Crippen molar-refractivity contribution in [3.63, 3.8) is 0 Å². The SMILES string of the molecule is C/N=C/C1CCN(C(=O)OC(C)(C)C)CC1. The van der Waals surface area contributed by atoms with Gasteiger partial charge < -0.3 is 14.6 Å². The van der Waals surface area contributed by atoms with Crippen molar-refractivity contribution in [2.75, 3.05) is 20.1 Å². The van der Waals surface area contributed by atoms with E-state index in [1.165, 1.54) is 0 Å². The summed E-state index contributed by atoms with van der Waals surface area (Å²) in [7, 11) is 1.79. The highest BCUT2D eigenvalue weighted by molar-refractivity contribution is 5.69. The average Bonchev–Trinajstić information content (AvgIpc) is 2.16. The Kier molecular flexibility index (Phi) is 4.33. The van der Waals surface area contributed by atoms with Crippen LogP contribution in [0.2, 0.25) is 0 Å². The van der Waals surface area contributed by atoms with Crippen LogP contribution >= 0.6 is 0 Å². The van der Waals surface area contributed by atoms with E-state index in [0.29, 0.717) is 5.92 Å². The zero-order valence-electron chi connectivity index (χ0n) is 10.7. The number of hydrogen-bond donors (Lipinski definition) is 0. The fraction of sp³-hybridized carbons (Fsp3) is 0.833. The number of amides is 1. The molecular formula is C12H22N2O2. The predicted octanol–water partition coefficient (Wildman–Crippen LogP) is 2.33. The lowest BCUT2D eigenvalue weighted by molar-refractivity contribution is 0.0203. The van der Waals surface area contributed by atoms with Gasteiger partial charge in [-0.1, -0.05) is 0 Å². The van der Waals surface area contributed by atoms with Crippen molar-refractivity contribution in [1.29, 1.82) is 0 Å². The molecule has 0 spiro atoms. The Balaban J connectivity index is 2.39. The van der Waals surface area contributed by atoms with Gasteiger partial charge in [0.25, 0.3) is 0 Å². The van der Waals surface area contributed by atoms with Crippen LogP contribution in [0.1, 0.15) is 33.6 Å². The molecule has 0 radical (unpaired) electrons. The molecule has 4 nitrogen and oxygen atoms in total. The number of ether oxygens (including phenoxy) is 1. The van der Waals surface area contributed by atoms with Crippen LogP contribution in [0.4, 0.5) is 4.79 Å². The minimum Gasteiger partial charge on any atom is -0.444 e. The van der Waals surface area contributed by atoms with Crippen molar-refractivity contribution in [3.8, 4) is 0 Å². The van der Waals surface area contributed by atoms with Crippen molar-refractivity contribution in [3.05, 3.63) is 0 Å². The number of carbonyl (C=O) groups excluding carboxylic acids is 1. The molecular weight excluding hydrogens is 204 g/mol. The Morgan fingerprint density at radius 3 is 2.38 bits per heavy atom. The number of likely N-dealkylation sites (tertiary alicyclic amines) is 1. The van der Waals surface area contributed by atoms with Crippen LogP contribution in [0, 0.1) is 5.92 Å². The molecule has 1 amide bonds. The van der Waals surface area contributed by atoms with Gasteiger partial charge in [-0.3, -0.25) is 0 Å². The minimum atomic E-state index is -0.404. The molecule has 0 unspecified atom stereocenters. The van der Waals surface area contributed by atoms with Gasteiger partial charge in [0, 0.05) is 26.4 Å². The Bertz CT molecular complexity index is 261. The normalized spacial score (nSPS) is 19.1. The predicted molar refractivity (Wildman–Crippen MR) is 64.9 cm³/mol. The number of carbonyl (C=O) groups is 1. The minimum absolute atomic E-state index is 0.195. The van der Waals surface area contributed by atoms with E-state index in [9.17, 15) is 4.79 Å². The number of aliphatic imine (C=N–C) groups is 1. The van der Waals surface area contributed by atoms with E-state index < -0.39 is 5.60 Å². The first kappa shape index (κ1) is 13.0. The van der Waals surface area contributed by atoms with Gasteiger partial charge in [0.2, 0.25) is 0 Å². The molecule has 0 N–H and O–H groups in total. The van der Waals surface area contributed by atoms with Gasteiger partial charge in [0.15, 0.2) is 0 Å². The Labute approximate surface area is 97.7 Å². The largest absolute Gasteiger partial charge is 0.444 e. The zero-order valence-corrected chi connectivity index (χ0v) is 10.7.